The van der Waals surface area contributed by atoms with Crippen LogP contribution in [0.15, 0.2) is 12.4 Å². The molecule has 2 fully saturated rings. The predicted octanol–water partition coefficient (Wildman–Crippen LogP) is 0.965. The fourth-order valence-electron chi connectivity index (χ4n) is 3.08. The number of rotatable bonds is 5. The van der Waals surface area contributed by atoms with Crippen molar-refractivity contribution < 1.29 is 9.47 Å². The van der Waals surface area contributed by atoms with Crippen molar-refractivity contribution in [1.29, 1.82) is 0 Å². The average molecular weight is 306 g/mol. The average Bonchev–Trinajstić information content (AvgIpc) is 2.95. The van der Waals surface area contributed by atoms with E-state index in [9.17, 15) is 0 Å². The molecule has 2 aliphatic rings. The third kappa shape index (κ3) is 4.15. The molecule has 0 amide bonds. The Morgan fingerprint density at radius 1 is 1.18 bits per heavy atom. The second-order valence-electron chi connectivity index (χ2n) is 6.34. The van der Waals surface area contributed by atoms with Crippen LogP contribution in [0, 0.1) is 0 Å². The van der Waals surface area contributed by atoms with Gasteiger partial charge in [0.15, 0.2) is 0 Å². The zero-order valence-corrected chi connectivity index (χ0v) is 13.6. The maximum absolute atomic E-state index is 6.20. The molecule has 1 aromatic heterocycles. The lowest BCUT2D eigenvalue weighted by molar-refractivity contribution is -0.0110. The molecule has 3 rings (SSSR count). The molecule has 0 radical (unpaired) electrons. The summed E-state index contributed by atoms with van der Waals surface area (Å²) in [6.07, 6.45) is 7.39. The van der Waals surface area contributed by atoms with Crippen molar-refractivity contribution >= 4 is 5.82 Å². The summed E-state index contributed by atoms with van der Waals surface area (Å²) in [7, 11) is 3.97. The number of morpholine rings is 1. The van der Waals surface area contributed by atoms with E-state index in [2.05, 4.69) is 14.9 Å². The zero-order chi connectivity index (χ0) is 15.4. The van der Waals surface area contributed by atoms with E-state index in [-0.39, 0.29) is 6.10 Å². The summed E-state index contributed by atoms with van der Waals surface area (Å²) in [5.41, 5.74) is 1.02. The Kier molecular flexibility index (Phi) is 5.23. The fraction of sp³-hybridized carbons (Fsp3) is 0.750. The van der Waals surface area contributed by atoms with Gasteiger partial charge in [-0.2, -0.15) is 0 Å². The summed E-state index contributed by atoms with van der Waals surface area (Å²) in [5, 5.41) is 0. The SMILES string of the molecule is CN(C)c1cncc(C[C@@H]2CC[C@H](CN3CCOCC3)O2)n1. The molecule has 0 saturated carbocycles. The van der Waals surface area contributed by atoms with Gasteiger partial charge >= 0.3 is 0 Å². The molecule has 0 bridgehead atoms. The molecule has 2 aliphatic heterocycles. The summed E-state index contributed by atoms with van der Waals surface area (Å²) >= 11 is 0. The number of hydrogen-bond acceptors (Lipinski definition) is 6. The molecular formula is C16H26N4O2. The molecule has 0 aromatic carbocycles. The van der Waals surface area contributed by atoms with Gasteiger partial charge in [0, 0.05) is 46.3 Å². The smallest absolute Gasteiger partial charge is 0.146 e. The fourth-order valence-corrected chi connectivity index (χ4v) is 3.08. The number of ether oxygens (including phenoxy) is 2. The molecule has 6 nitrogen and oxygen atoms in total. The molecule has 0 aliphatic carbocycles. The lowest BCUT2D eigenvalue weighted by Crippen LogP contribution is -2.41. The van der Waals surface area contributed by atoms with Crippen molar-refractivity contribution in [2.75, 3.05) is 51.8 Å². The Morgan fingerprint density at radius 3 is 2.73 bits per heavy atom. The number of anilines is 1. The largest absolute Gasteiger partial charge is 0.379 e. The van der Waals surface area contributed by atoms with Crippen molar-refractivity contribution in [2.24, 2.45) is 0 Å². The third-order valence-electron chi connectivity index (χ3n) is 4.33. The summed E-state index contributed by atoms with van der Waals surface area (Å²) < 4.78 is 11.6. The van der Waals surface area contributed by atoms with E-state index in [0.29, 0.717) is 6.10 Å². The van der Waals surface area contributed by atoms with Gasteiger partial charge in [-0.3, -0.25) is 9.88 Å². The van der Waals surface area contributed by atoms with Crippen LogP contribution in [0.25, 0.3) is 0 Å². The van der Waals surface area contributed by atoms with E-state index in [1.807, 2.05) is 25.2 Å². The first-order valence-electron chi connectivity index (χ1n) is 8.14. The molecule has 1 aromatic rings. The van der Waals surface area contributed by atoms with Crippen LogP contribution in [0.4, 0.5) is 5.82 Å². The highest BCUT2D eigenvalue weighted by atomic mass is 16.5. The van der Waals surface area contributed by atoms with Crippen LogP contribution in [-0.4, -0.2) is 74.0 Å². The van der Waals surface area contributed by atoms with Gasteiger partial charge in [-0.1, -0.05) is 0 Å². The van der Waals surface area contributed by atoms with E-state index in [1.54, 1.807) is 6.20 Å². The van der Waals surface area contributed by atoms with Gasteiger partial charge in [0.25, 0.3) is 0 Å². The van der Waals surface area contributed by atoms with Gasteiger partial charge < -0.3 is 14.4 Å². The summed E-state index contributed by atoms with van der Waals surface area (Å²) in [4.78, 5) is 13.3. The maximum atomic E-state index is 6.20. The molecule has 122 valence electrons. The zero-order valence-electron chi connectivity index (χ0n) is 13.6. The molecule has 6 heteroatoms. The Bertz CT molecular complexity index is 477. The van der Waals surface area contributed by atoms with Crippen molar-refractivity contribution in [1.82, 2.24) is 14.9 Å². The van der Waals surface area contributed by atoms with Gasteiger partial charge in [-0.15, -0.1) is 0 Å². The predicted molar refractivity (Wildman–Crippen MR) is 85.2 cm³/mol. The third-order valence-corrected chi connectivity index (χ3v) is 4.33. The molecular weight excluding hydrogens is 280 g/mol. The van der Waals surface area contributed by atoms with Crippen LogP contribution in [0.1, 0.15) is 18.5 Å². The van der Waals surface area contributed by atoms with Crippen LogP contribution in [-0.2, 0) is 15.9 Å². The van der Waals surface area contributed by atoms with Crippen LogP contribution in [0.2, 0.25) is 0 Å². The van der Waals surface area contributed by atoms with Gasteiger partial charge in [-0.05, 0) is 12.8 Å². The molecule has 3 heterocycles. The molecule has 22 heavy (non-hydrogen) atoms. The quantitative estimate of drug-likeness (QED) is 0.808. The molecule has 2 saturated heterocycles. The highest BCUT2D eigenvalue weighted by Gasteiger charge is 2.28. The summed E-state index contributed by atoms with van der Waals surface area (Å²) in [6, 6.07) is 0. The highest BCUT2D eigenvalue weighted by molar-refractivity contribution is 5.33. The molecule has 0 N–H and O–H groups in total. The van der Waals surface area contributed by atoms with E-state index in [1.165, 1.54) is 0 Å². The minimum Gasteiger partial charge on any atom is -0.379 e. The lowest BCUT2D eigenvalue weighted by Gasteiger charge is -2.28. The first-order valence-corrected chi connectivity index (χ1v) is 8.14. The standard InChI is InChI=1S/C16H26N4O2/c1-19(2)16-11-17-10-13(18-16)9-14-3-4-15(22-14)12-20-5-7-21-8-6-20/h10-11,14-15H,3-9,12H2,1-2H3/t14-,15+/m0/s1. The second-order valence-corrected chi connectivity index (χ2v) is 6.34. The Labute approximate surface area is 132 Å². The van der Waals surface area contributed by atoms with Gasteiger partial charge in [0.1, 0.15) is 5.82 Å². The highest BCUT2D eigenvalue weighted by Crippen LogP contribution is 2.23. The summed E-state index contributed by atoms with van der Waals surface area (Å²) in [5.74, 6) is 0.903. The van der Waals surface area contributed by atoms with Crippen LogP contribution >= 0.6 is 0 Å². The molecule has 0 unspecified atom stereocenters. The first-order chi connectivity index (χ1) is 10.7. The van der Waals surface area contributed by atoms with E-state index in [0.717, 1.165) is 63.6 Å². The van der Waals surface area contributed by atoms with E-state index >= 15 is 0 Å². The minimum absolute atomic E-state index is 0.276. The number of aromatic nitrogens is 2. The lowest BCUT2D eigenvalue weighted by atomic mass is 10.1. The van der Waals surface area contributed by atoms with Crippen molar-refractivity contribution in [3.8, 4) is 0 Å². The van der Waals surface area contributed by atoms with Crippen molar-refractivity contribution in [3.05, 3.63) is 18.1 Å². The second kappa shape index (κ2) is 7.35. The molecule has 2 atom stereocenters. The number of hydrogen-bond donors (Lipinski definition) is 0. The monoisotopic (exact) mass is 306 g/mol. The van der Waals surface area contributed by atoms with Gasteiger partial charge in [0.05, 0.1) is 37.3 Å². The first kappa shape index (κ1) is 15.6. The summed E-state index contributed by atoms with van der Waals surface area (Å²) in [6.45, 7) is 4.79. The van der Waals surface area contributed by atoms with Crippen LogP contribution < -0.4 is 4.90 Å². The Balaban J connectivity index is 1.49. The van der Waals surface area contributed by atoms with E-state index < -0.39 is 0 Å². The van der Waals surface area contributed by atoms with Crippen molar-refractivity contribution in [2.45, 2.75) is 31.5 Å². The topological polar surface area (TPSA) is 50.7 Å². The maximum Gasteiger partial charge on any atom is 0.146 e. The van der Waals surface area contributed by atoms with Gasteiger partial charge in [-0.25, -0.2) is 4.98 Å². The number of nitrogens with zero attached hydrogens (tertiary/aromatic N) is 4. The van der Waals surface area contributed by atoms with Crippen LogP contribution in [0.5, 0.6) is 0 Å². The van der Waals surface area contributed by atoms with Crippen LogP contribution in [0.3, 0.4) is 0 Å². The minimum atomic E-state index is 0.276. The van der Waals surface area contributed by atoms with E-state index in [4.69, 9.17) is 9.47 Å². The van der Waals surface area contributed by atoms with Crippen molar-refractivity contribution in [3.63, 3.8) is 0 Å². The normalized spacial score (nSPS) is 26.3. The Hall–Kier alpha value is -1.24. The molecule has 0 spiro atoms. The Morgan fingerprint density at radius 2 is 1.95 bits per heavy atom. The van der Waals surface area contributed by atoms with Gasteiger partial charge in [0.2, 0.25) is 0 Å².